The molecule has 202 valence electrons. The Labute approximate surface area is 233 Å². The Morgan fingerprint density at radius 1 is 0.550 bits per heavy atom. The zero-order valence-corrected chi connectivity index (χ0v) is 21.9. The van der Waals surface area contributed by atoms with Crippen molar-refractivity contribution in [3.05, 3.63) is 131 Å². The molecule has 0 unspecified atom stereocenters. The molecule has 0 bridgehead atoms. The fourth-order valence-corrected chi connectivity index (χ4v) is 3.48. The molecule has 40 heavy (non-hydrogen) atoms. The Morgan fingerprint density at radius 2 is 0.925 bits per heavy atom. The summed E-state index contributed by atoms with van der Waals surface area (Å²) in [7, 11) is 0. The van der Waals surface area contributed by atoms with Crippen molar-refractivity contribution in [1.82, 2.24) is 10.9 Å². The second-order valence-electron chi connectivity index (χ2n) is 8.77. The lowest BCUT2D eigenvalue weighted by atomic mass is 10.2. The highest BCUT2D eigenvalue weighted by atomic mass is 16.5. The van der Waals surface area contributed by atoms with Crippen molar-refractivity contribution >= 4 is 24.2 Å². The Morgan fingerprint density at radius 3 is 1.30 bits per heavy atom. The number of nitrogens with one attached hydrogen (secondary N) is 2. The van der Waals surface area contributed by atoms with Crippen molar-refractivity contribution in [1.29, 1.82) is 0 Å². The fraction of sp³-hybridized carbons (Fsp3) is 0.125. The number of hydrogen-bond donors (Lipinski definition) is 2. The average molecular weight is 535 g/mol. The van der Waals surface area contributed by atoms with Crippen LogP contribution >= 0.6 is 0 Å². The third-order valence-corrected chi connectivity index (χ3v) is 5.64. The molecule has 0 saturated carbocycles. The van der Waals surface area contributed by atoms with E-state index in [1.165, 1.54) is 12.4 Å². The minimum atomic E-state index is -0.371. The van der Waals surface area contributed by atoms with Gasteiger partial charge in [0.05, 0.1) is 12.4 Å². The largest absolute Gasteiger partial charge is 0.489 e. The molecule has 0 atom stereocenters. The third kappa shape index (κ3) is 9.90. The summed E-state index contributed by atoms with van der Waals surface area (Å²) in [5, 5.41) is 7.89. The predicted octanol–water partition coefficient (Wildman–Crippen LogP) is 5.23. The number of hydrogen-bond acceptors (Lipinski definition) is 6. The first-order valence-corrected chi connectivity index (χ1v) is 12.8. The lowest BCUT2D eigenvalue weighted by Crippen LogP contribution is -2.22. The fourth-order valence-electron chi connectivity index (χ4n) is 3.48. The number of benzene rings is 4. The molecule has 0 aliphatic heterocycles. The van der Waals surface area contributed by atoms with Crippen LogP contribution in [0.15, 0.2) is 119 Å². The number of hydrazone groups is 2. The molecule has 0 aromatic heterocycles. The zero-order valence-electron chi connectivity index (χ0n) is 21.9. The predicted molar refractivity (Wildman–Crippen MR) is 155 cm³/mol. The van der Waals surface area contributed by atoms with Gasteiger partial charge in [-0.05, 0) is 70.8 Å². The van der Waals surface area contributed by atoms with Crippen LogP contribution in [0.4, 0.5) is 0 Å². The molecule has 0 heterocycles. The van der Waals surface area contributed by atoms with Gasteiger partial charge in [-0.1, -0.05) is 60.7 Å². The van der Waals surface area contributed by atoms with Crippen LogP contribution in [0, 0.1) is 0 Å². The van der Waals surface area contributed by atoms with E-state index in [0.717, 1.165) is 33.8 Å². The van der Waals surface area contributed by atoms with E-state index in [4.69, 9.17) is 9.47 Å². The second-order valence-corrected chi connectivity index (χ2v) is 8.77. The van der Waals surface area contributed by atoms with E-state index in [9.17, 15) is 9.59 Å². The Balaban J connectivity index is 1.10. The van der Waals surface area contributed by atoms with E-state index >= 15 is 0 Å². The molecule has 4 aromatic rings. The van der Waals surface area contributed by atoms with Crippen LogP contribution in [0.2, 0.25) is 0 Å². The van der Waals surface area contributed by atoms with Crippen molar-refractivity contribution in [3.8, 4) is 11.5 Å². The van der Waals surface area contributed by atoms with Crippen molar-refractivity contribution < 1.29 is 19.1 Å². The maximum Gasteiger partial charge on any atom is 0.240 e. The molecule has 0 fully saturated rings. The number of rotatable bonds is 13. The lowest BCUT2D eigenvalue weighted by Gasteiger charge is -2.06. The highest BCUT2D eigenvalue weighted by molar-refractivity contribution is 5.86. The van der Waals surface area contributed by atoms with E-state index in [-0.39, 0.29) is 24.7 Å². The summed E-state index contributed by atoms with van der Waals surface area (Å²) in [5.41, 5.74) is 8.63. The molecule has 0 spiro atoms. The first kappa shape index (κ1) is 27.8. The van der Waals surface area contributed by atoms with Gasteiger partial charge >= 0.3 is 0 Å². The third-order valence-electron chi connectivity index (χ3n) is 5.64. The summed E-state index contributed by atoms with van der Waals surface area (Å²) in [4.78, 5) is 24.0. The van der Waals surface area contributed by atoms with Crippen LogP contribution in [-0.4, -0.2) is 24.2 Å². The molecule has 4 rings (SSSR count). The van der Waals surface area contributed by atoms with Crippen molar-refractivity contribution in [2.75, 3.05) is 0 Å². The number of amides is 2. The van der Waals surface area contributed by atoms with Gasteiger partial charge in [-0.2, -0.15) is 10.2 Å². The number of carbonyl (C=O) groups excluding carboxylic acids is 2. The van der Waals surface area contributed by atoms with E-state index in [0.29, 0.717) is 13.2 Å². The summed E-state index contributed by atoms with van der Waals surface area (Å²) < 4.78 is 11.5. The quantitative estimate of drug-likeness (QED) is 0.181. The number of ether oxygens (including phenoxy) is 2. The van der Waals surface area contributed by atoms with E-state index in [2.05, 4.69) is 21.1 Å². The zero-order chi connectivity index (χ0) is 27.8. The van der Waals surface area contributed by atoms with Crippen LogP contribution in [0.5, 0.6) is 11.5 Å². The molecule has 8 nitrogen and oxygen atoms in total. The van der Waals surface area contributed by atoms with Crippen LogP contribution in [-0.2, 0) is 22.8 Å². The summed E-state index contributed by atoms with van der Waals surface area (Å²) >= 11 is 0. The summed E-state index contributed by atoms with van der Waals surface area (Å²) in [6, 6.07) is 34.5. The number of nitrogens with zero attached hydrogens (tertiary/aromatic N) is 2. The molecule has 0 aliphatic carbocycles. The maximum atomic E-state index is 12.0. The van der Waals surface area contributed by atoms with Gasteiger partial charge in [0.1, 0.15) is 24.7 Å². The Kier molecular flexibility index (Phi) is 10.6. The monoisotopic (exact) mass is 534 g/mol. The maximum absolute atomic E-state index is 12.0. The standard InChI is InChI=1S/C32H30N4O4/c37-31(35-33-21-25-11-15-29(16-12-25)39-23-27-7-3-1-4-8-27)19-20-32(38)36-34-22-26-13-17-30(18-14-26)40-24-28-9-5-2-6-10-28/h1-18,21-22H,19-20,23-24H2,(H,35,37)(H,36,38). The topological polar surface area (TPSA) is 101 Å². The minimum absolute atomic E-state index is 0.0155. The smallest absolute Gasteiger partial charge is 0.240 e. The van der Waals surface area contributed by atoms with Crippen molar-refractivity contribution in [2.24, 2.45) is 10.2 Å². The number of carbonyl (C=O) groups is 2. The van der Waals surface area contributed by atoms with Crippen LogP contribution in [0.1, 0.15) is 35.1 Å². The van der Waals surface area contributed by atoms with Gasteiger partial charge < -0.3 is 9.47 Å². The summed E-state index contributed by atoms with van der Waals surface area (Å²) in [5.74, 6) is 0.737. The SMILES string of the molecule is O=C(CCC(=O)NN=Cc1ccc(OCc2ccccc2)cc1)NN=Cc1ccc(OCc2ccccc2)cc1. The molecule has 4 aromatic carbocycles. The van der Waals surface area contributed by atoms with E-state index < -0.39 is 0 Å². The van der Waals surface area contributed by atoms with Crippen LogP contribution < -0.4 is 20.3 Å². The molecule has 0 aliphatic rings. The van der Waals surface area contributed by atoms with Gasteiger partial charge in [-0.15, -0.1) is 0 Å². The second kappa shape index (κ2) is 15.2. The normalized spacial score (nSPS) is 10.9. The van der Waals surface area contributed by atoms with Gasteiger partial charge in [0.2, 0.25) is 11.8 Å². The minimum Gasteiger partial charge on any atom is -0.489 e. The Hall–Kier alpha value is -5.24. The lowest BCUT2D eigenvalue weighted by molar-refractivity contribution is -0.126. The molecule has 2 N–H and O–H groups in total. The highest BCUT2D eigenvalue weighted by Crippen LogP contribution is 2.14. The molecule has 0 radical (unpaired) electrons. The van der Waals surface area contributed by atoms with Crippen molar-refractivity contribution in [3.63, 3.8) is 0 Å². The summed E-state index contributed by atoms with van der Waals surface area (Å²) in [6.45, 7) is 0.975. The molecule has 8 heteroatoms. The summed E-state index contributed by atoms with van der Waals surface area (Å²) in [6.07, 6.45) is 3.03. The highest BCUT2D eigenvalue weighted by Gasteiger charge is 2.05. The van der Waals surface area contributed by atoms with Crippen molar-refractivity contribution in [2.45, 2.75) is 26.1 Å². The first-order valence-electron chi connectivity index (χ1n) is 12.8. The average Bonchev–Trinajstić information content (AvgIpc) is 3.00. The van der Waals surface area contributed by atoms with Gasteiger partial charge in [0.15, 0.2) is 0 Å². The molecular weight excluding hydrogens is 504 g/mol. The van der Waals surface area contributed by atoms with Crippen LogP contribution in [0.25, 0.3) is 0 Å². The van der Waals surface area contributed by atoms with E-state index in [1.54, 1.807) is 0 Å². The van der Waals surface area contributed by atoms with Crippen LogP contribution in [0.3, 0.4) is 0 Å². The first-order chi connectivity index (χ1) is 19.6. The molecule has 2 amide bonds. The van der Waals surface area contributed by atoms with Gasteiger partial charge in [-0.3, -0.25) is 9.59 Å². The van der Waals surface area contributed by atoms with Gasteiger partial charge in [0.25, 0.3) is 0 Å². The van der Waals surface area contributed by atoms with Gasteiger partial charge in [-0.25, -0.2) is 10.9 Å². The molecule has 0 saturated heterocycles. The Bertz CT molecular complexity index is 1290. The van der Waals surface area contributed by atoms with Gasteiger partial charge in [0, 0.05) is 12.8 Å². The molecular formula is C32H30N4O4. The van der Waals surface area contributed by atoms with E-state index in [1.807, 2.05) is 109 Å².